The number of hydrogen-bond acceptors (Lipinski definition) is 4. The predicted molar refractivity (Wildman–Crippen MR) is 75.7 cm³/mol. The maximum Gasteiger partial charge on any atom is 0.146 e. The van der Waals surface area contributed by atoms with Crippen LogP contribution in [0.4, 0.5) is 5.69 Å². The van der Waals surface area contributed by atoms with Crippen LogP contribution < -0.4 is 15.2 Å². The number of benzene rings is 1. The fourth-order valence-electron chi connectivity index (χ4n) is 2.59. The van der Waals surface area contributed by atoms with E-state index in [1.807, 2.05) is 26.0 Å². The van der Waals surface area contributed by atoms with Gasteiger partial charge < -0.3 is 19.9 Å². The second kappa shape index (κ2) is 4.60. The third-order valence-electron chi connectivity index (χ3n) is 3.48. The number of nitrogen functional groups attached to an aromatic ring is 1. The molecule has 4 nitrogen and oxygen atoms in total. The van der Waals surface area contributed by atoms with Crippen LogP contribution in [0.15, 0.2) is 18.2 Å². The first kappa shape index (κ1) is 14.0. The highest BCUT2D eigenvalue weighted by molar-refractivity contribution is 5.55. The van der Waals surface area contributed by atoms with Gasteiger partial charge >= 0.3 is 0 Å². The Bertz CT molecular complexity index is 468. The van der Waals surface area contributed by atoms with Crippen LogP contribution in [-0.2, 0) is 4.74 Å². The molecule has 0 bridgehead atoms. The van der Waals surface area contributed by atoms with E-state index in [9.17, 15) is 0 Å². The Morgan fingerprint density at radius 3 is 2.47 bits per heavy atom. The van der Waals surface area contributed by atoms with Gasteiger partial charge in [-0.25, -0.2) is 0 Å². The molecule has 1 unspecified atom stereocenters. The summed E-state index contributed by atoms with van der Waals surface area (Å²) in [7, 11) is 1.63. The van der Waals surface area contributed by atoms with Crippen molar-refractivity contribution in [3.8, 4) is 11.5 Å². The number of rotatable bonds is 3. The lowest BCUT2D eigenvalue weighted by Crippen LogP contribution is -2.36. The van der Waals surface area contributed by atoms with Crippen molar-refractivity contribution in [3.63, 3.8) is 0 Å². The SMILES string of the molecule is COc1ccc(N)c(OC2CC(C)(C)OC2(C)C)c1. The summed E-state index contributed by atoms with van der Waals surface area (Å²) in [5.41, 5.74) is 6.06. The molecule has 2 rings (SSSR count). The van der Waals surface area contributed by atoms with Crippen LogP contribution >= 0.6 is 0 Å². The van der Waals surface area contributed by atoms with E-state index in [0.29, 0.717) is 11.4 Å². The van der Waals surface area contributed by atoms with Crippen LogP contribution in [-0.4, -0.2) is 24.4 Å². The molecule has 0 amide bonds. The van der Waals surface area contributed by atoms with E-state index in [2.05, 4.69) is 13.8 Å². The number of ether oxygens (including phenoxy) is 3. The fraction of sp³-hybridized carbons (Fsp3) is 0.600. The molecule has 0 aliphatic carbocycles. The molecule has 1 atom stereocenters. The highest BCUT2D eigenvalue weighted by atomic mass is 16.6. The maximum absolute atomic E-state index is 6.07. The lowest BCUT2D eigenvalue weighted by atomic mass is 9.97. The van der Waals surface area contributed by atoms with Crippen molar-refractivity contribution in [2.24, 2.45) is 0 Å². The summed E-state index contributed by atoms with van der Waals surface area (Å²) in [5.74, 6) is 1.39. The molecule has 1 aromatic rings. The lowest BCUT2D eigenvalue weighted by Gasteiger charge is -2.27. The molecule has 0 aromatic heterocycles. The molecular weight excluding hydrogens is 242 g/mol. The Balaban J connectivity index is 2.22. The molecule has 1 fully saturated rings. The molecule has 1 saturated heterocycles. The summed E-state index contributed by atoms with van der Waals surface area (Å²) in [4.78, 5) is 0. The number of anilines is 1. The van der Waals surface area contributed by atoms with E-state index in [4.69, 9.17) is 19.9 Å². The summed E-state index contributed by atoms with van der Waals surface area (Å²) in [6.07, 6.45) is 0.799. The summed E-state index contributed by atoms with van der Waals surface area (Å²) in [6.45, 7) is 8.24. The van der Waals surface area contributed by atoms with Crippen molar-refractivity contribution in [1.29, 1.82) is 0 Å². The number of hydrogen-bond donors (Lipinski definition) is 1. The van der Waals surface area contributed by atoms with Gasteiger partial charge in [-0.2, -0.15) is 0 Å². The molecule has 0 saturated carbocycles. The van der Waals surface area contributed by atoms with Gasteiger partial charge in [0.2, 0.25) is 0 Å². The van der Waals surface area contributed by atoms with Crippen molar-refractivity contribution in [2.75, 3.05) is 12.8 Å². The standard InChI is InChI=1S/C15H23NO3/c1-14(2)9-13(15(3,4)19-14)18-12-8-10(17-5)6-7-11(12)16/h6-8,13H,9,16H2,1-5H3. The van der Waals surface area contributed by atoms with E-state index in [1.165, 1.54) is 0 Å². The first-order valence-corrected chi connectivity index (χ1v) is 6.54. The van der Waals surface area contributed by atoms with Crippen LogP contribution in [0.2, 0.25) is 0 Å². The smallest absolute Gasteiger partial charge is 0.146 e. The number of nitrogens with two attached hydrogens (primary N) is 1. The molecule has 1 heterocycles. The van der Waals surface area contributed by atoms with Gasteiger partial charge in [-0.15, -0.1) is 0 Å². The first-order chi connectivity index (χ1) is 8.73. The molecule has 4 heteroatoms. The third kappa shape index (κ3) is 2.95. The minimum absolute atomic E-state index is 0.0306. The highest BCUT2D eigenvalue weighted by Gasteiger charge is 2.47. The highest BCUT2D eigenvalue weighted by Crippen LogP contribution is 2.40. The predicted octanol–water partition coefficient (Wildman–Crippen LogP) is 3.00. The minimum Gasteiger partial charge on any atom is -0.497 e. The Morgan fingerprint density at radius 1 is 1.26 bits per heavy atom. The molecule has 2 N–H and O–H groups in total. The second-order valence-corrected chi connectivity index (χ2v) is 6.18. The van der Waals surface area contributed by atoms with Crippen molar-refractivity contribution >= 4 is 5.69 Å². The van der Waals surface area contributed by atoms with Crippen LogP contribution in [0.1, 0.15) is 34.1 Å². The Hall–Kier alpha value is -1.42. The van der Waals surface area contributed by atoms with Crippen molar-refractivity contribution in [1.82, 2.24) is 0 Å². The monoisotopic (exact) mass is 265 g/mol. The Morgan fingerprint density at radius 2 is 1.95 bits per heavy atom. The maximum atomic E-state index is 6.07. The molecule has 19 heavy (non-hydrogen) atoms. The van der Waals surface area contributed by atoms with Gasteiger partial charge in [0.1, 0.15) is 23.2 Å². The quantitative estimate of drug-likeness (QED) is 0.854. The van der Waals surface area contributed by atoms with Crippen LogP contribution in [0.25, 0.3) is 0 Å². The first-order valence-electron chi connectivity index (χ1n) is 6.54. The molecule has 1 aliphatic rings. The Labute approximate surface area is 114 Å². The van der Waals surface area contributed by atoms with Gasteiger partial charge in [0.25, 0.3) is 0 Å². The van der Waals surface area contributed by atoms with Gasteiger partial charge in [0, 0.05) is 12.5 Å². The molecule has 1 aliphatic heterocycles. The largest absolute Gasteiger partial charge is 0.497 e. The normalized spacial score (nSPS) is 24.2. The molecule has 0 spiro atoms. The van der Waals surface area contributed by atoms with Crippen LogP contribution in [0, 0.1) is 0 Å². The minimum atomic E-state index is -0.334. The average Bonchev–Trinajstić information content (AvgIpc) is 2.49. The van der Waals surface area contributed by atoms with Crippen molar-refractivity contribution in [2.45, 2.75) is 51.4 Å². The average molecular weight is 265 g/mol. The summed E-state index contributed by atoms with van der Waals surface area (Å²) < 4.78 is 17.3. The fourth-order valence-corrected chi connectivity index (χ4v) is 2.59. The zero-order chi connectivity index (χ0) is 14.3. The van der Waals surface area contributed by atoms with E-state index < -0.39 is 0 Å². The van der Waals surface area contributed by atoms with E-state index in [1.54, 1.807) is 13.2 Å². The number of methoxy groups -OCH3 is 1. The van der Waals surface area contributed by atoms with Gasteiger partial charge in [0.15, 0.2) is 0 Å². The molecule has 106 valence electrons. The van der Waals surface area contributed by atoms with Gasteiger partial charge in [-0.1, -0.05) is 0 Å². The third-order valence-corrected chi connectivity index (χ3v) is 3.48. The molecule has 0 radical (unpaired) electrons. The second-order valence-electron chi connectivity index (χ2n) is 6.18. The summed E-state index contributed by atoms with van der Waals surface area (Å²) >= 11 is 0. The van der Waals surface area contributed by atoms with Crippen LogP contribution in [0.3, 0.4) is 0 Å². The molecule has 1 aromatic carbocycles. The zero-order valence-corrected chi connectivity index (χ0v) is 12.3. The van der Waals surface area contributed by atoms with Gasteiger partial charge in [-0.05, 0) is 39.8 Å². The summed E-state index contributed by atoms with van der Waals surface area (Å²) in [5, 5.41) is 0. The van der Waals surface area contributed by atoms with Gasteiger partial charge in [0.05, 0.1) is 18.4 Å². The van der Waals surface area contributed by atoms with Crippen molar-refractivity contribution in [3.05, 3.63) is 18.2 Å². The van der Waals surface area contributed by atoms with Gasteiger partial charge in [-0.3, -0.25) is 0 Å². The zero-order valence-electron chi connectivity index (χ0n) is 12.3. The van der Waals surface area contributed by atoms with Crippen molar-refractivity contribution < 1.29 is 14.2 Å². The molecular formula is C15H23NO3. The van der Waals surface area contributed by atoms with E-state index in [-0.39, 0.29) is 17.3 Å². The summed E-state index contributed by atoms with van der Waals surface area (Å²) in [6, 6.07) is 5.43. The Kier molecular flexibility index (Phi) is 3.39. The lowest BCUT2D eigenvalue weighted by molar-refractivity contribution is -0.0845. The topological polar surface area (TPSA) is 53.7 Å². The van der Waals surface area contributed by atoms with E-state index in [0.717, 1.165) is 12.2 Å². The van der Waals surface area contributed by atoms with Crippen LogP contribution in [0.5, 0.6) is 11.5 Å². The van der Waals surface area contributed by atoms with E-state index >= 15 is 0 Å².